The third-order valence-electron chi connectivity index (χ3n) is 4.47. The maximum atomic E-state index is 12.0. The number of fused-ring (bicyclic) bond motifs is 1. The highest BCUT2D eigenvalue weighted by molar-refractivity contribution is 7.86. The van der Waals surface area contributed by atoms with Crippen LogP contribution >= 0.6 is 0 Å². The first-order valence-electron chi connectivity index (χ1n) is 9.18. The molecule has 0 heterocycles. The SMILES string of the molecule is C=C1/C=C\C=C/C/C=C\C=C/1N=Nc1c(S(=O)(=O)O)cc2cc(S(=O)(=O)O)cc(O)c2c1O. The number of phenolic OH excluding ortho intramolecular Hbond substituents is 2. The van der Waals surface area contributed by atoms with E-state index in [-0.39, 0.29) is 16.5 Å². The van der Waals surface area contributed by atoms with Crippen LogP contribution in [0, 0.1) is 0 Å². The smallest absolute Gasteiger partial charge is 0.296 e. The highest BCUT2D eigenvalue weighted by Gasteiger charge is 2.25. The van der Waals surface area contributed by atoms with Gasteiger partial charge in [0.1, 0.15) is 16.3 Å². The lowest BCUT2D eigenvalue weighted by Crippen LogP contribution is -2.01. The molecule has 3 rings (SSSR count). The highest BCUT2D eigenvalue weighted by atomic mass is 32.2. The minimum absolute atomic E-state index is 0.213. The van der Waals surface area contributed by atoms with E-state index in [9.17, 15) is 36.2 Å². The third-order valence-corrected chi connectivity index (χ3v) is 6.17. The van der Waals surface area contributed by atoms with Gasteiger partial charge in [-0.05, 0) is 35.6 Å². The molecule has 0 fully saturated rings. The van der Waals surface area contributed by atoms with Crippen LogP contribution in [0.4, 0.5) is 5.69 Å². The van der Waals surface area contributed by atoms with Gasteiger partial charge in [0.15, 0.2) is 5.75 Å². The van der Waals surface area contributed by atoms with Crippen LogP contribution in [0.2, 0.25) is 0 Å². The van der Waals surface area contributed by atoms with Crippen molar-refractivity contribution in [3.8, 4) is 11.5 Å². The molecule has 0 unspecified atom stereocenters. The Kier molecular flexibility index (Phi) is 6.65. The molecule has 0 aliphatic heterocycles. The Morgan fingerprint density at radius 1 is 0.879 bits per heavy atom. The van der Waals surface area contributed by atoms with Crippen molar-refractivity contribution in [1.82, 2.24) is 0 Å². The minimum atomic E-state index is -4.99. The molecule has 0 saturated carbocycles. The van der Waals surface area contributed by atoms with Crippen LogP contribution in [0.1, 0.15) is 6.42 Å². The fraction of sp³-hybridized carbons (Fsp3) is 0.0476. The van der Waals surface area contributed by atoms with Gasteiger partial charge < -0.3 is 10.2 Å². The van der Waals surface area contributed by atoms with Gasteiger partial charge in [0, 0.05) is 6.07 Å². The van der Waals surface area contributed by atoms with Gasteiger partial charge in [-0.15, -0.1) is 10.2 Å². The van der Waals surface area contributed by atoms with E-state index < -0.39 is 47.2 Å². The first-order chi connectivity index (χ1) is 15.4. The van der Waals surface area contributed by atoms with Crippen molar-refractivity contribution in [3.05, 3.63) is 78.6 Å². The molecule has 0 spiro atoms. The molecule has 4 N–H and O–H groups in total. The molecule has 2 aromatic carbocycles. The van der Waals surface area contributed by atoms with Gasteiger partial charge in [-0.2, -0.15) is 16.8 Å². The number of benzene rings is 2. The van der Waals surface area contributed by atoms with Crippen molar-refractivity contribution in [3.63, 3.8) is 0 Å². The lowest BCUT2D eigenvalue weighted by molar-refractivity contribution is 0.457. The molecule has 33 heavy (non-hydrogen) atoms. The second-order valence-corrected chi connectivity index (χ2v) is 9.60. The predicted molar refractivity (Wildman–Crippen MR) is 121 cm³/mol. The van der Waals surface area contributed by atoms with Crippen LogP contribution in [0.25, 0.3) is 10.8 Å². The summed E-state index contributed by atoms with van der Waals surface area (Å²) in [6.45, 7) is 3.84. The normalized spacial score (nSPS) is 19.8. The lowest BCUT2D eigenvalue weighted by Gasteiger charge is -2.11. The summed E-state index contributed by atoms with van der Waals surface area (Å²) in [5.74, 6) is -1.67. The van der Waals surface area contributed by atoms with Gasteiger partial charge in [0.05, 0.1) is 16.0 Å². The Bertz CT molecular complexity index is 1510. The largest absolute Gasteiger partial charge is 0.507 e. The summed E-state index contributed by atoms with van der Waals surface area (Å²) < 4.78 is 65.7. The first-order valence-corrected chi connectivity index (χ1v) is 12.1. The summed E-state index contributed by atoms with van der Waals surface area (Å²) in [6, 6.07) is 2.27. The Balaban J connectivity index is 2.26. The molecule has 172 valence electrons. The van der Waals surface area contributed by atoms with E-state index in [1.807, 2.05) is 12.2 Å². The van der Waals surface area contributed by atoms with Crippen molar-refractivity contribution in [2.24, 2.45) is 10.2 Å². The number of allylic oxidation sites excluding steroid dienone is 7. The topological polar surface area (TPSA) is 174 Å². The van der Waals surface area contributed by atoms with Gasteiger partial charge in [-0.3, -0.25) is 9.11 Å². The van der Waals surface area contributed by atoms with E-state index in [0.29, 0.717) is 18.1 Å². The van der Waals surface area contributed by atoms with Crippen molar-refractivity contribution in [2.45, 2.75) is 16.2 Å². The molecule has 0 bridgehead atoms. The van der Waals surface area contributed by atoms with Crippen molar-refractivity contribution < 1.29 is 36.2 Å². The van der Waals surface area contributed by atoms with Gasteiger partial charge in [-0.1, -0.05) is 43.0 Å². The van der Waals surface area contributed by atoms with Crippen LogP contribution in [0.5, 0.6) is 11.5 Å². The molecular formula is C21H18N2O8S2. The number of azo groups is 1. The fourth-order valence-electron chi connectivity index (χ4n) is 2.92. The zero-order valence-electron chi connectivity index (χ0n) is 16.8. The Morgan fingerprint density at radius 2 is 1.58 bits per heavy atom. The molecule has 0 atom stereocenters. The van der Waals surface area contributed by atoms with Gasteiger partial charge >= 0.3 is 0 Å². The molecule has 0 aromatic heterocycles. The van der Waals surface area contributed by atoms with E-state index in [1.165, 1.54) is 0 Å². The fourth-order valence-corrected chi connectivity index (χ4v) is 4.11. The van der Waals surface area contributed by atoms with E-state index in [4.69, 9.17) is 0 Å². The lowest BCUT2D eigenvalue weighted by atomic mass is 10.1. The number of aromatic hydroxyl groups is 2. The van der Waals surface area contributed by atoms with Crippen molar-refractivity contribution >= 4 is 36.7 Å². The van der Waals surface area contributed by atoms with Crippen molar-refractivity contribution in [2.75, 3.05) is 0 Å². The van der Waals surface area contributed by atoms with Gasteiger partial charge in [0.25, 0.3) is 20.2 Å². The maximum Gasteiger partial charge on any atom is 0.296 e. The third kappa shape index (κ3) is 5.43. The molecule has 10 nitrogen and oxygen atoms in total. The average Bonchev–Trinajstić information content (AvgIpc) is 2.71. The molecular weight excluding hydrogens is 472 g/mol. The highest BCUT2D eigenvalue weighted by Crippen LogP contribution is 2.45. The number of rotatable bonds is 4. The van der Waals surface area contributed by atoms with Crippen LogP contribution in [-0.2, 0) is 20.2 Å². The minimum Gasteiger partial charge on any atom is -0.507 e. The molecule has 1 aliphatic carbocycles. The number of hydrogen-bond acceptors (Lipinski definition) is 8. The quantitative estimate of drug-likeness (QED) is 0.361. The van der Waals surface area contributed by atoms with E-state index >= 15 is 0 Å². The summed E-state index contributed by atoms with van der Waals surface area (Å²) in [7, 11) is -9.75. The van der Waals surface area contributed by atoms with Crippen LogP contribution < -0.4 is 0 Å². The zero-order valence-corrected chi connectivity index (χ0v) is 18.5. The average molecular weight is 491 g/mol. The van der Waals surface area contributed by atoms with Crippen molar-refractivity contribution in [1.29, 1.82) is 0 Å². The molecule has 0 amide bonds. The zero-order chi connectivity index (χ0) is 24.4. The van der Waals surface area contributed by atoms with E-state index in [2.05, 4.69) is 16.8 Å². The second kappa shape index (κ2) is 9.11. The number of phenols is 2. The molecule has 1 aliphatic rings. The summed E-state index contributed by atoms with van der Waals surface area (Å²) in [4.78, 5) is -1.65. The Hall–Kier alpha value is -3.58. The molecule has 0 radical (unpaired) electrons. The molecule has 2 aromatic rings. The van der Waals surface area contributed by atoms with E-state index in [0.717, 1.165) is 12.1 Å². The maximum absolute atomic E-state index is 12.0. The van der Waals surface area contributed by atoms with Crippen LogP contribution in [-0.4, -0.2) is 36.2 Å². The Labute approximate surface area is 189 Å². The van der Waals surface area contributed by atoms with Gasteiger partial charge in [0.2, 0.25) is 0 Å². The summed E-state index contributed by atoms with van der Waals surface area (Å²) in [5, 5.41) is 27.9. The van der Waals surface area contributed by atoms with Crippen LogP contribution in [0.15, 0.2) is 98.6 Å². The van der Waals surface area contributed by atoms with Crippen LogP contribution in [0.3, 0.4) is 0 Å². The number of nitrogens with zero attached hydrogens (tertiary/aromatic N) is 2. The molecule has 12 heteroatoms. The monoisotopic (exact) mass is 490 g/mol. The standard InChI is InChI=1S/C21H18N2O8S2/c1-13-8-6-4-2-3-5-7-9-16(13)22-23-20-18(33(29,30)31)11-14-10-15(32(26,27)28)12-17(24)19(14)21(20)25/h2,4-12,24-25H,1,3H2,(H,26,27,28)(H,29,30,31)/b4-2-,7-5-,8-6-,16-9+,23-22?. The summed E-state index contributed by atoms with van der Waals surface area (Å²) >= 11 is 0. The first kappa shape index (κ1) is 24.1. The summed E-state index contributed by atoms with van der Waals surface area (Å²) in [5.41, 5.74) is -0.0765. The van der Waals surface area contributed by atoms with E-state index in [1.54, 1.807) is 30.4 Å². The predicted octanol–water partition coefficient (Wildman–Crippen LogP) is 4.34. The summed E-state index contributed by atoms with van der Waals surface area (Å²) in [6.07, 6.45) is 12.8. The molecule has 0 saturated heterocycles. The van der Waals surface area contributed by atoms with Gasteiger partial charge in [-0.25, -0.2) is 0 Å². The second-order valence-electron chi connectivity index (χ2n) is 6.79. The number of hydrogen-bond donors (Lipinski definition) is 4. The Morgan fingerprint density at radius 3 is 2.24 bits per heavy atom.